The van der Waals surface area contributed by atoms with E-state index < -0.39 is 0 Å². The van der Waals surface area contributed by atoms with Gasteiger partial charge in [-0.15, -0.1) is 0 Å². The number of nitrogens with one attached hydrogen (secondary N) is 2. The number of hydrogen-bond donors (Lipinski definition) is 2. The molecular weight excluding hydrogens is 354 g/mol. The van der Waals surface area contributed by atoms with Crippen molar-refractivity contribution >= 4 is 5.82 Å². The molecule has 3 aromatic rings. The first-order valence-electron chi connectivity index (χ1n) is 9.81. The van der Waals surface area contributed by atoms with E-state index in [9.17, 15) is 4.79 Å². The zero-order valence-corrected chi connectivity index (χ0v) is 15.8. The molecule has 1 aliphatic heterocycles. The van der Waals surface area contributed by atoms with Gasteiger partial charge in [-0.25, -0.2) is 14.6 Å². The fourth-order valence-corrected chi connectivity index (χ4v) is 3.54. The second-order valence-corrected chi connectivity index (χ2v) is 7.01. The Kier molecular flexibility index (Phi) is 5.77. The van der Waals surface area contributed by atoms with E-state index in [0.717, 1.165) is 25.1 Å². The fraction of sp³-hybridized carbons (Fsp3) is 0.400. The van der Waals surface area contributed by atoms with E-state index in [1.54, 1.807) is 24.7 Å². The number of anilines is 1. The summed E-state index contributed by atoms with van der Waals surface area (Å²) >= 11 is 0. The molecule has 1 saturated heterocycles. The van der Waals surface area contributed by atoms with E-state index in [-0.39, 0.29) is 5.56 Å². The standard InChI is InChI=1S/C20H25N7O/c28-20-17(16-6-4-7-21-13-16)14-25-27(20)19-12-18(23-15-24-19)22-8-5-11-26-9-2-1-3-10-26/h4,6-7,12-15,25H,1-3,5,8-11H2,(H,22,23,24). The maximum atomic E-state index is 12.7. The highest BCUT2D eigenvalue weighted by atomic mass is 16.1. The Labute approximate surface area is 163 Å². The Hall–Kier alpha value is -3.00. The van der Waals surface area contributed by atoms with Gasteiger partial charge in [-0.05, 0) is 45.0 Å². The Morgan fingerprint density at radius 3 is 2.89 bits per heavy atom. The van der Waals surface area contributed by atoms with Crippen molar-refractivity contribution in [3.05, 3.63) is 53.5 Å². The van der Waals surface area contributed by atoms with Crippen LogP contribution in [0.5, 0.6) is 0 Å². The number of likely N-dealkylation sites (tertiary alicyclic amines) is 1. The van der Waals surface area contributed by atoms with E-state index in [1.807, 2.05) is 12.1 Å². The summed E-state index contributed by atoms with van der Waals surface area (Å²) in [4.78, 5) is 27.8. The summed E-state index contributed by atoms with van der Waals surface area (Å²) in [7, 11) is 0. The van der Waals surface area contributed by atoms with Gasteiger partial charge in [-0.2, -0.15) is 0 Å². The number of nitrogens with zero attached hydrogens (tertiary/aromatic N) is 5. The molecular formula is C20H25N7O. The highest BCUT2D eigenvalue weighted by molar-refractivity contribution is 5.60. The van der Waals surface area contributed by atoms with E-state index in [2.05, 4.69) is 30.3 Å². The lowest BCUT2D eigenvalue weighted by molar-refractivity contribution is 0.228. The molecule has 0 atom stereocenters. The van der Waals surface area contributed by atoms with Crippen LogP contribution in [0.25, 0.3) is 16.9 Å². The number of piperidine rings is 1. The molecule has 0 aliphatic carbocycles. The topological polar surface area (TPSA) is 91.7 Å². The lowest BCUT2D eigenvalue weighted by Crippen LogP contribution is -2.31. The van der Waals surface area contributed by atoms with Crippen molar-refractivity contribution in [2.24, 2.45) is 0 Å². The van der Waals surface area contributed by atoms with Gasteiger partial charge in [0.2, 0.25) is 0 Å². The Morgan fingerprint density at radius 1 is 1.18 bits per heavy atom. The predicted octanol–water partition coefficient (Wildman–Crippen LogP) is 2.31. The number of hydrogen-bond acceptors (Lipinski definition) is 6. The lowest BCUT2D eigenvalue weighted by Gasteiger charge is -2.26. The van der Waals surface area contributed by atoms with E-state index in [4.69, 9.17) is 0 Å². The maximum absolute atomic E-state index is 12.7. The van der Waals surface area contributed by atoms with Crippen molar-refractivity contribution in [1.82, 2.24) is 29.6 Å². The number of pyridine rings is 1. The number of rotatable bonds is 7. The first-order chi connectivity index (χ1) is 13.8. The van der Waals surface area contributed by atoms with Crippen LogP contribution in [0.2, 0.25) is 0 Å². The molecule has 2 N–H and O–H groups in total. The largest absolute Gasteiger partial charge is 0.370 e. The summed E-state index contributed by atoms with van der Waals surface area (Å²) in [5.74, 6) is 1.22. The third-order valence-electron chi connectivity index (χ3n) is 5.03. The normalized spacial score (nSPS) is 14.9. The molecule has 1 aliphatic rings. The monoisotopic (exact) mass is 379 g/mol. The molecule has 8 nitrogen and oxygen atoms in total. The first-order valence-corrected chi connectivity index (χ1v) is 9.81. The van der Waals surface area contributed by atoms with Gasteiger partial charge in [0.25, 0.3) is 5.56 Å². The highest BCUT2D eigenvalue weighted by Gasteiger charge is 2.12. The molecule has 28 heavy (non-hydrogen) atoms. The van der Waals surface area contributed by atoms with Crippen LogP contribution in [0.1, 0.15) is 25.7 Å². The highest BCUT2D eigenvalue weighted by Crippen LogP contribution is 2.14. The quantitative estimate of drug-likeness (QED) is 0.612. The van der Waals surface area contributed by atoms with E-state index in [1.165, 1.54) is 43.4 Å². The Balaban J connectivity index is 1.40. The average molecular weight is 379 g/mol. The molecule has 0 unspecified atom stereocenters. The molecule has 1 fully saturated rings. The van der Waals surface area contributed by atoms with Crippen LogP contribution in [0.15, 0.2) is 47.9 Å². The maximum Gasteiger partial charge on any atom is 0.280 e. The van der Waals surface area contributed by atoms with Crippen LogP contribution in [0, 0.1) is 0 Å². The third kappa shape index (κ3) is 4.28. The molecule has 4 heterocycles. The molecule has 0 saturated carbocycles. The zero-order valence-electron chi connectivity index (χ0n) is 15.8. The zero-order chi connectivity index (χ0) is 19.2. The van der Waals surface area contributed by atoms with Gasteiger partial charge in [-0.3, -0.25) is 14.9 Å². The van der Waals surface area contributed by atoms with Gasteiger partial charge in [0.05, 0.1) is 5.56 Å². The SMILES string of the molecule is O=c1c(-c2cccnc2)c[nH]n1-c1cc(NCCCN2CCCCC2)ncn1. The van der Waals surface area contributed by atoms with Crippen molar-refractivity contribution < 1.29 is 0 Å². The molecule has 8 heteroatoms. The van der Waals surface area contributed by atoms with Crippen LogP contribution in [0.3, 0.4) is 0 Å². The van der Waals surface area contributed by atoms with Crippen LogP contribution >= 0.6 is 0 Å². The van der Waals surface area contributed by atoms with E-state index in [0.29, 0.717) is 17.2 Å². The molecule has 146 valence electrons. The summed E-state index contributed by atoms with van der Waals surface area (Å²) in [6.07, 6.45) is 11.5. The van der Waals surface area contributed by atoms with Gasteiger partial charge < -0.3 is 10.2 Å². The van der Waals surface area contributed by atoms with Crippen molar-refractivity contribution in [3.63, 3.8) is 0 Å². The first kappa shape index (κ1) is 18.4. The molecule has 0 amide bonds. The Morgan fingerprint density at radius 2 is 2.07 bits per heavy atom. The number of aromatic amines is 1. The van der Waals surface area contributed by atoms with Crippen LogP contribution in [0.4, 0.5) is 5.82 Å². The van der Waals surface area contributed by atoms with Gasteiger partial charge in [0.1, 0.15) is 12.1 Å². The van der Waals surface area contributed by atoms with Gasteiger partial charge in [0, 0.05) is 36.8 Å². The van der Waals surface area contributed by atoms with Gasteiger partial charge in [-0.1, -0.05) is 12.5 Å². The average Bonchev–Trinajstić information content (AvgIpc) is 3.14. The smallest absolute Gasteiger partial charge is 0.280 e. The second-order valence-electron chi connectivity index (χ2n) is 7.01. The Bertz CT molecular complexity index is 944. The third-order valence-corrected chi connectivity index (χ3v) is 5.03. The summed E-state index contributed by atoms with van der Waals surface area (Å²) in [6, 6.07) is 5.45. The number of aromatic nitrogens is 5. The van der Waals surface area contributed by atoms with Crippen molar-refractivity contribution in [1.29, 1.82) is 0 Å². The molecule has 4 rings (SSSR count). The minimum atomic E-state index is -0.164. The van der Waals surface area contributed by atoms with E-state index >= 15 is 0 Å². The van der Waals surface area contributed by atoms with Crippen LogP contribution in [-0.4, -0.2) is 55.8 Å². The van der Waals surface area contributed by atoms with Crippen molar-refractivity contribution in [3.8, 4) is 16.9 Å². The summed E-state index contributed by atoms with van der Waals surface area (Å²) < 4.78 is 1.42. The van der Waals surface area contributed by atoms with Gasteiger partial charge in [0.15, 0.2) is 5.82 Å². The molecule has 3 aromatic heterocycles. The number of H-pyrrole nitrogens is 1. The van der Waals surface area contributed by atoms with Crippen LogP contribution in [-0.2, 0) is 0 Å². The van der Waals surface area contributed by atoms with Crippen LogP contribution < -0.4 is 10.9 Å². The molecule has 0 radical (unpaired) electrons. The second kappa shape index (κ2) is 8.79. The lowest BCUT2D eigenvalue weighted by atomic mass is 10.1. The van der Waals surface area contributed by atoms with Crippen molar-refractivity contribution in [2.45, 2.75) is 25.7 Å². The molecule has 0 spiro atoms. The minimum Gasteiger partial charge on any atom is -0.370 e. The fourth-order valence-electron chi connectivity index (χ4n) is 3.54. The molecule has 0 aromatic carbocycles. The van der Waals surface area contributed by atoms with Gasteiger partial charge >= 0.3 is 0 Å². The summed E-state index contributed by atoms with van der Waals surface area (Å²) in [6.45, 7) is 4.38. The predicted molar refractivity (Wildman–Crippen MR) is 109 cm³/mol. The van der Waals surface area contributed by atoms with Crippen molar-refractivity contribution in [2.75, 3.05) is 31.5 Å². The minimum absolute atomic E-state index is 0.164. The summed E-state index contributed by atoms with van der Waals surface area (Å²) in [5, 5.41) is 6.31. The molecule has 0 bridgehead atoms. The summed E-state index contributed by atoms with van der Waals surface area (Å²) in [5.41, 5.74) is 1.16.